The molecular formula is C27H27N5O3S. The summed E-state index contributed by atoms with van der Waals surface area (Å²) in [4.78, 5) is 32.1. The van der Waals surface area contributed by atoms with Crippen molar-refractivity contribution in [1.29, 1.82) is 5.26 Å². The van der Waals surface area contributed by atoms with Gasteiger partial charge in [-0.1, -0.05) is 18.2 Å². The summed E-state index contributed by atoms with van der Waals surface area (Å²) in [6.07, 6.45) is 1.20. The predicted octanol–water partition coefficient (Wildman–Crippen LogP) is 4.09. The van der Waals surface area contributed by atoms with Crippen molar-refractivity contribution in [2.75, 3.05) is 29.9 Å². The molecule has 0 aliphatic carbocycles. The molecule has 1 fully saturated rings. The maximum atomic E-state index is 12.7. The molecule has 5 rings (SSSR count). The number of nitrogens with zero attached hydrogens (tertiary/aromatic N) is 3. The highest BCUT2D eigenvalue weighted by molar-refractivity contribution is 7.14. The molecule has 1 aromatic heterocycles. The largest absolute Gasteiger partial charge is 0.375 e. The second-order valence-electron chi connectivity index (χ2n) is 9.46. The van der Waals surface area contributed by atoms with Gasteiger partial charge in [0.05, 0.1) is 31.5 Å². The summed E-state index contributed by atoms with van der Waals surface area (Å²) >= 11 is 1.34. The van der Waals surface area contributed by atoms with E-state index in [0.717, 1.165) is 28.9 Å². The van der Waals surface area contributed by atoms with E-state index in [4.69, 9.17) is 4.74 Å². The van der Waals surface area contributed by atoms with Crippen LogP contribution < -0.4 is 15.5 Å². The summed E-state index contributed by atoms with van der Waals surface area (Å²) in [5.41, 5.74) is 4.25. The zero-order chi connectivity index (χ0) is 25.3. The lowest BCUT2D eigenvalue weighted by molar-refractivity contribution is -0.115. The Morgan fingerprint density at radius 3 is 2.92 bits per heavy atom. The number of ether oxygens (including phenoxy) is 1. The Labute approximate surface area is 213 Å². The average molecular weight is 502 g/mol. The molecule has 184 valence electrons. The average Bonchev–Trinajstić information content (AvgIpc) is 3.35. The monoisotopic (exact) mass is 501 g/mol. The van der Waals surface area contributed by atoms with Gasteiger partial charge in [0.25, 0.3) is 5.91 Å². The predicted molar refractivity (Wildman–Crippen MR) is 139 cm³/mol. The number of hydrogen-bond acceptors (Lipinski definition) is 7. The zero-order valence-corrected chi connectivity index (χ0v) is 21.0. The van der Waals surface area contributed by atoms with Gasteiger partial charge in [0, 0.05) is 34.8 Å². The van der Waals surface area contributed by atoms with Crippen LogP contribution >= 0.6 is 11.3 Å². The van der Waals surface area contributed by atoms with Crippen molar-refractivity contribution < 1.29 is 14.3 Å². The van der Waals surface area contributed by atoms with Gasteiger partial charge in [0.15, 0.2) is 5.13 Å². The highest BCUT2D eigenvalue weighted by Crippen LogP contribution is 2.33. The second kappa shape index (κ2) is 9.72. The summed E-state index contributed by atoms with van der Waals surface area (Å²) in [5, 5.41) is 17.4. The van der Waals surface area contributed by atoms with E-state index in [1.165, 1.54) is 23.4 Å². The van der Waals surface area contributed by atoms with E-state index in [1.54, 1.807) is 25.1 Å². The molecule has 8 nitrogen and oxygen atoms in total. The summed E-state index contributed by atoms with van der Waals surface area (Å²) < 4.78 is 5.51. The number of anilines is 2. The first-order chi connectivity index (χ1) is 17.4. The van der Waals surface area contributed by atoms with Crippen LogP contribution in [-0.2, 0) is 21.6 Å². The first-order valence-corrected chi connectivity index (χ1v) is 12.8. The van der Waals surface area contributed by atoms with Crippen molar-refractivity contribution in [3.63, 3.8) is 0 Å². The van der Waals surface area contributed by atoms with Crippen LogP contribution in [0.15, 0.2) is 47.8 Å². The summed E-state index contributed by atoms with van der Waals surface area (Å²) in [6.45, 7) is 5.58. The third-order valence-corrected chi connectivity index (χ3v) is 7.57. The number of nitrogens with one attached hydrogen (secondary N) is 2. The molecule has 2 atom stereocenters. The molecule has 2 aliphatic rings. The number of benzene rings is 2. The number of carbonyl (C=O) groups excluding carboxylic acids is 2. The van der Waals surface area contributed by atoms with E-state index in [1.807, 2.05) is 17.5 Å². The fraction of sp³-hybridized carbons (Fsp3) is 0.333. The molecule has 3 heterocycles. The van der Waals surface area contributed by atoms with Crippen LogP contribution in [-0.4, -0.2) is 42.5 Å². The number of amides is 2. The Balaban J connectivity index is 1.19. The molecule has 1 saturated heterocycles. The quantitative estimate of drug-likeness (QED) is 0.527. The fourth-order valence-corrected chi connectivity index (χ4v) is 5.26. The van der Waals surface area contributed by atoms with Crippen molar-refractivity contribution in [2.24, 2.45) is 0 Å². The molecule has 3 aromatic rings. The molecule has 0 saturated carbocycles. The van der Waals surface area contributed by atoms with Gasteiger partial charge >= 0.3 is 0 Å². The molecule has 36 heavy (non-hydrogen) atoms. The summed E-state index contributed by atoms with van der Waals surface area (Å²) in [7, 11) is 0. The number of fused-ring (bicyclic) bond motifs is 1. The van der Waals surface area contributed by atoms with Gasteiger partial charge in [-0.2, -0.15) is 5.26 Å². The first kappa shape index (κ1) is 24.0. The summed E-state index contributed by atoms with van der Waals surface area (Å²) in [6, 6.07) is 16.3. The van der Waals surface area contributed by atoms with Crippen LogP contribution in [0.25, 0.3) is 11.3 Å². The first-order valence-electron chi connectivity index (χ1n) is 11.9. The molecule has 1 unspecified atom stereocenters. The molecule has 0 spiro atoms. The van der Waals surface area contributed by atoms with E-state index in [9.17, 15) is 14.9 Å². The Kier molecular flexibility index (Phi) is 6.48. The minimum absolute atomic E-state index is 0.189. The maximum Gasteiger partial charge on any atom is 0.251 e. The van der Waals surface area contributed by atoms with Gasteiger partial charge in [-0.15, -0.1) is 11.3 Å². The highest BCUT2D eigenvalue weighted by atomic mass is 32.1. The molecule has 0 radical (unpaired) electrons. The Bertz CT molecular complexity index is 1360. The van der Waals surface area contributed by atoms with Gasteiger partial charge in [-0.25, -0.2) is 4.98 Å². The van der Waals surface area contributed by atoms with Crippen molar-refractivity contribution >= 4 is 34.0 Å². The van der Waals surface area contributed by atoms with Crippen LogP contribution in [0.4, 0.5) is 10.8 Å². The molecule has 0 bridgehead atoms. The van der Waals surface area contributed by atoms with Crippen molar-refractivity contribution in [1.82, 2.24) is 10.3 Å². The SMILES string of the molecule is CC1CCN1c1cccc(-c2csc(NC(=O)CNC(=O)c3ccc4c(c3)[C@](C)(C#N)COC4)n2)c1. The lowest BCUT2D eigenvalue weighted by atomic mass is 9.79. The number of hydrogen-bond donors (Lipinski definition) is 2. The Morgan fingerprint density at radius 2 is 2.17 bits per heavy atom. The van der Waals surface area contributed by atoms with Crippen LogP contribution in [0, 0.1) is 11.3 Å². The fourth-order valence-electron chi connectivity index (χ4n) is 4.53. The van der Waals surface area contributed by atoms with Crippen molar-refractivity contribution in [2.45, 2.75) is 38.3 Å². The van der Waals surface area contributed by atoms with Crippen LogP contribution in [0.5, 0.6) is 0 Å². The minimum atomic E-state index is -0.809. The standard InChI is InChI=1S/C27H27N5O3S/c1-17-8-9-32(17)21-5-3-4-18(10-21)23-14-36-26(30-23)31-24(33)12-29-25(34)19-6-7-20-13-35-16-27(2,15-28)22(20)11-19/h3-7,10-11,14,17H,8-9,12-13,16H2,1-2H3,(H,29,34)(H,30,31,33)/t17?,27-/m1/s1. The number of rotatable bonds is 6. The maximum absolute atomic E-state index is 12.7. The Morgan fingerprint density at radius 1 is 1.31 bits per heavy atom. The molecule has 9 heteroatoms. The minimum Gasteiger partial charge on any atom is -0.375 e. The highest BCUT2D eigenvalue weighted by Gasteiger charge is 2.33. The van der Waals surface area contributed by atoms with Crippen LogP contribution in [0.1, 0.15) is 41.8 Å². The van der Waals surface area contributed by atoms with E-state index in [2.05, 4.69) is 45.6 Å². The van der Waals surface area contributed by atoms with Gasteiger partial charge < -0.3 is 20.3 Å². The second-order valence-corrected chi connectivity index (χ2v) is 10.3. The lowest BCUT2D eigenvalue weighted by Gasteiger charge is -2.41. The van der Waals surface area contributed by atoms with Crippen molar-refractivity contribution in [3.8, 4) is 17.3 Å². The van der Waals surface area contributed by atoms with E-state index >= 15 is 0 Å². The topological polar surface area (TPSA) is 107 Å². The third kappa shape index (κ3) is 4.70. The number of nitriles is 1. The van der Waals surface area contributed by atoms with E-state index in [0.29, 0.717) is 23.3 Å². The lowest BCUT2D eigenvalue weighted by Crippen LogP contribution is -2.45. The molecular weight excluding hydrogens is 474 g/mol. The summed E-state index contributed by atoms with van der Waals surface area (Å²) in [5.74, 6) is -0.739. The van der Waals surface area contributed by atoms with E-state index < -0.39 is 5.41 Å². The smallest absolute Gasteiger partial charge is 0.251 e. The molecule has 2 aromatic carbocycles. The van der Waals surface area contributed by atoms with Crippen LogP contribution in [0.3, 0.4) is 0 Å². The molecule has 2 aliphatic heterocycles. The van der Waals surface area contributed by atoms with Gasteiger partial charge in [-0.05, 0) is 55.7 Å². The number of thiazole rings is 1. The van der Waals surface area contributed by atoms with Gasteiger partial charge in [0.1, 0.15) is 5.41 Å². The van der Waals surface area contributed by atoms with Crippen LogP contribution in [0.2, 0.25) is 0 Å². The van der Waals surface area contributed by atoms with Gasteiger partial charge in [-0.3, -0.25) is 9.59 Å². The Hall–Kier alpha value is -3.74. The molecule has 2 N–H and O–H groups in total. The third-order valence-electron chi connectivity index (χ3n) is 6.82. The van der Waals surface area contributed by atoms with E-state index in [-0.39, 0.29) is 25.0 Å². The number of carbonyl (C=O) groups is 2. The number of aromatic nitrogens is 1. The zero-order valence-electron chi connectivity index (χ0n) is 20.2. The van der Waals surface area contributed by atoms with Crippen molar-refractivity contribution in [3.05, 3.63) is 64.5 Å². The van der Waals surface area contributed by atoms with Gasteiger partial charge in [0.2, 0.25) is 5.91 Å². The molecule has 2 amide bonds. The normalized spacial score (nSPS) is 20.6.